The minimum absolute atomic E-state index is 0.216. The minimum atomic E-state index is -0.216. The molecule has 0 aliphatic carbocycles. The topological polar surface area (TPSA) is 75.1 Å². The van der Waals surface area contributed by atoms with Crippen LogP contribution in [0.2, 0.25) is 5.02 Å². The monoisotopic (exact) mass is 357 g/mol. The number of rotatable bonds is 4. The van der Waals surface area contributed by atoms with Crippen LogP contribution < -0.4 is 10.9 Å². The standard InChI is InChI=1S/C16H12ClN5OS/c17-10-3-5-11(6-4-10)18-9-12-8-14(23)22-16(19-12)20-15(21-22)13-2-1-7-24-13/h1-8,18H,9H2,(H,19,20,21). The Kier molecular flexibility index (Phi) is 3.79. The van der Waals surface area contributed by atoms with E-state index >= 15 is 0 Å². The van der Waals surface area contributed by atoms with Crippen molar-refractivity contribution in [2.45, 2.75) is 6.54 Å². The van der Waals surface area contributed by atoms with Gasteiger partial charge in [-0.05, 0) is 35.7 Å². The second kappa shape index (κ2) is 6.10. The van der Waals surface area contributed by atoms with Crippen molar-refractivity contribution in [3.05, 3.63) is 68.9 Å². The van der Waals surface area contributed by atoms with E-state index in [0.717, 1.165) is 16.3 Å². The van der Waals surface area contributed by atoms with Crippen LogP contribution in [0.25, 0.3) is 16.5 Å². The van der Waals surface area contributed by atoms with Crippen LogP contribution >= 0.6 is 22.9 Å². The van der Waals surface area contributed by atoms with Crippen molar-refractivity contribution >= 4 is 34.4 Å². The van der Waals surface area contributed by atoms with Crippen LogP contribution in [0.1, 0.15) is 5.69 Å². The summed E-state index contributed by atoms with van der Waals surface area (Å²) in [6.45, 7) is 0.467. The maximum Gasteiger partial charge on any atom is 0.275 e. The number of H-pyrrole nitrogens is 1. The third-order valence-electron chi connectivity index (χ3n) is 3.45. The van der Waals surface area contributed by atoms with Gasteiger partial charge in [0.1, 0.15) is 0 Å². The van der Waals surface area contributed by atoms with Crippen LogP contribution in [-0.2, 0) is 6.54 Å². The summed E-state index contributed by atoms with van der Waals surface area (Å²) in [6, 6.07) is 12.7. The largest absolute Gasteiger partial charge is 0.379 e. The molecule has 120 valence electrons. The van der Waals surface area contributed by atoms with Crippen molar-refractivity contribution in [2.75, 3.05) is 5.32 Å². The zero-order valence-corrected chi connectivity index (χ0v) is 13.9. The molecule has 0 aliphatic rings. The van der Waals surface area contributed by atoms with Gasteiger partial charge in [0.25, 0.3) is 5.56 Å². The molecule has 8 heteroatoms. The number of nitrogens with zero attached hydrogens (tertiary/aromatic N) is 3. The lowest BCUT2D eigenvalue weighted by Gasteiger charge is -2.06. The van der Waals surface area contributed by atoms with Crippen molar-refractivity contribution in [3.8, 4) is 10.7 Å². The Bertz CT molecular complexity index is 1040. The van der Waals surface area contributed by atoms with Gasteiger partial charge < -0.3 is 10.3 Å². The molecule has 3 aromatic heterocycles. The number of halogens is 1. The summed E-state index contributed by atoms with van der Waals surface area (Å²) in [5.74, 6) is 0.972. The Morgan fingerprint density at radius 1 is 1.25 bits per heavy atom. The Balaban J connectivity index is 1.62. The Morgan fingerprint density at radius 3 is 2.83 bits per heavy atom. The van der Waals surface area contributed by atoms with Crippen LogP contribution in [0.3, 0.4) is 0 Å². The van der Waals surface area contributed by atoms with Crippen LogP contribution in [-0.4, -0.2) is 19.6 Å². The van der Waals surface area contributed by atoms with E-state index < -0.39 is 0 Å². The molecule has 0 amide bonds. The molecule has 1 aromatic carbocycles. The van der Waals surface area contributed by atoms with Crippen LogP contribution in [0, 0.1) is 0 Å². The predicted molar refractivity (Wildman–Crippen MR) is 95.7 cm³/mol. The molecule has 0 bridgehead atoms. The highest BCUT2D eigenvalue weighted by Gasteiger charge is 2.10. The van der Waals surface area contributed by atoms with E-state index in [1.54, 1.807) is 0 Å². The number of hydrogen-bond donors (Lipinski definition) is 2. The van der Waals surface area contributed by atoms with Gasteiger partial charge in [0.15, 0.2) is 5.82 Å². The summed E-state index contributed by atoms with van der Waals surface area (Å²) in [6.07, 6.45) is 0. The molecule has 24 heavy (non-hydrogen) atoms. The van der Waals surface area contributed by atoms with Gasteiger partial charge in [0.2, 0.25) is 5.78 Å². The zero-order valence-electron chi connectivity index (χ0n) is 12.4. The first-order valence-electron chi connectivity index (χ1n) is 7.21. The number of aromatic amines is 1. The molecule has 0 atom stereocenters. The lowest BCUT2D eigenvalue weighted by Crippen LogP contribution is -2.17. The van der Waals surface area contributed by atoms with E-state index in [2.05, 4.69) is 20.4 Å². The number of fused-ring (bicyclic) bond motifs is 1. The molecule has 3 heterocycles. The summed E-state index contributed by atoms with van der Waals surface area (Å²) < 4.78 is 1.28. The number of aromatic nitrogens is 4. The lowest BCUT2D eigenvalue weighted by molar-refractivity contribution is 0.879. The molecule has 0 saturated heterocycles. The summed E-state index contributed by atoms with van der Waals surface area (Å²) in [5, 5.41) is 10.1. The first-order valence-corrected chi connectivity index (χ1v) is 8.47. The van der Waals surface area contributed by atoms with E-state index in [1.807, 2.05) is 41.8 Å². The molecule has 6 nitrogen and oxygen atoms in total. The van der Waals surface area contributed by atoms with E-state index in [4.69, 9.17) is 11.6 Å². The molecule has 0 aliphatic heterocycles. The van der Waals surface area contributed by atoms with Crippen molar-refractivity contribution in [2.24, 2.45) is 0 Å². The third kappa shape index (κ3) is 2.91. The number of anilines is 1. The molecule has 4 aromatic rings. The number of benzene rings is 1. The minimum Gasteiger partial charge on any atom is -0.379 e. The molecule has 2 N–H and O–H groups in total. The van der Waals surface area contributed by atoms with Gasteiger partial charge in [-0.2, -0.15) is 9.50 Å². The SMILES string of the molecule is O=c1cc(CNc2ccc(Cl)cc2)[nH]c2nc(-c3cccs3)nn12. The van der Waals surface area contributed by atoms with Crippen LogP contribution in [0.5, 0.6) is 0 Å². The highest BCUT2D eigenvalue weighted by molar-refractivity contribution is 7.13. The molecule has 0 fully saturated rings. The van der Waals surface area contributed by atoms with Gasteiger partial charge in [-0.1, -0.05) is 17.7 Å². The van der Waals surface area contributed by atoms with Crippen molar-refractivity contribution in [3.63, 3.8) is 0 Å². The lowest BCUT2D eigenvalue weighted by atomic mass is 10.3. The molecular formula is C16H12ClN5OS. The van der Waals surface area contributed by atoms with Gasteiger partial charge in [-0.3, -0.25) is 4.79 Å². The second-order valence-corrected chi connectivity index (χ2v) is 6.53. The van der Waals surface area contributed by atoms with Crippen LogP contribution in [0.15, 0.2) is 52.6 Å². The maximum absolute atomic E-state index is 12.2. The number of thiophene rings is 1. The van der Waals surface area contributed by atoms with Crippen LogP contribution in [0.4, 0.5) is 5.69 Å². The summed E-state index contributed by atoms with van der Waals surface area (Å²) in [4.78, 5) is 20.7. The number of nitrogens with one attached hydrogen (secondary N) is 2. The fourth-order valence-corrected chi connectivity index (χ4v) is 3.09. The summed E-state index contributed by atoms with van der Waals surface area (Å²) in [5.41, 5.74) is 1.43. The number of hydrogen-bond acceptors (Lipinski definition) is 5. The van der Waals surface area contributed by atoms with Gasteiger partial charge in [-0.25, -0.2) is 0 Å². The fourth-order valence-electron chi connectivity index (χ4n) is 2.31. The third-order valence-corrected chi connectivity index (χ3v) is 4.57. The van der Waals surface area contributed by atoms with Crippen molar-refractivity contribution in [1.82, 2.24) is 19.6 Å². The smallest absolute Gasteiger partial charge is 0.275 e. The summed E-state index contributed by atoms with van der Waals surface area (Å²) >= 11 is 7.40. The maximum atomic E-state index is 12.2. The van der Waals surface area contributed by atoms with Gasteiger partial charge in [0.05, 0.1) is 11.4 Å². The highest BCUT2D eigenvalue weighted by Crippen LogP contribution is 2.20. The van der Waals surface area contributed by atoms with Gasteiger partial charge >= 0.3 is 0 Å². The van der Waals surface area contributed by atoms with Crippen molar-refractivity contribution < 1.29 is 0 Å². The molecule has 0 spiro atoms. The zero-order chi connectivity index (χ0) is 16.5. The Morgan fingerprint density at radius 2 is 2.08 bits per heavy atom. The van der Waals surface area contributed by atoms with Gasteiger partial charge in [0, 0.05) is 22.5 Å². The molecule has 0 radical (unpaired) electrons. The van der Waals surface area contributed by atoms with Crippen molar-refractivity contribution in [1.29, 1.82) is 0 Å². The normalized spacial score (nSPS) is 11.0. The van der Waals surface area contributed by atoms with E-state index in [9.17, 15) is 4.79 Å². The second-order valence-electron chi connectivity index (χ2n) is 5.14. The quantitative estimate of drug-likeness (QED) is 0.587. The summed E-state index contributed by atoms with van der Waals surface area (Å²) in [7, 11) is 0. The average Bonchev–Trinajstić information content (AvgIpc) is 3.23. The highest BCUT2D eigenvalue weighted by atomic mass is 35.5. The molecule has 0 unspecified atom stereocenters. The fraction of sp³-hybridized carbons (Fsp3) is 0.0625. The van der Waals surface area contributed by atoms with E-state index in [0.29, 0.717) is 23.2 Å². The van der Waals surface area contributed by atoms with E-state index in [-0.39, 0.29) is 5.56 Å². The Labute approximate surface area is 145 Å². The van der Waals surface area contributed by atoms with Gasteiger partial charge in [-0.15, -0.1) is 16.4 Å². The van der Waals surface area contributed by atoms with E-state index in [1.165, 1.54) is 21.9 Å². The first-order chi connectivity index (χ1) is 11.7. The molecular weight excluding hydrogens is 346 g/mol. The first kappa shape index (κ1) is 14.9. The predicted octanol–water partition coefficient (Wildman–Crippen LogP) is 3.41. The Hall–Kier alpha value is -2.64. The molecule has 0 saturated carbocycles. The molecule has 4 rings (SSSR count). The average molecular weight is 358 g/mol.